The average molecular weight is 267 g/mol. The van der Waals surface area contributed by atoms with Gasteiger partial charge in [-0.1, -0.05) is 19.8 Å². The van der Waals surface area contributed by atoms with Gasteiger partial charge in [-0.25, -0.2) is 0 Å². The van der Waals surface area contributed by atoms with Crippen LogP contribution in [-0.2, 0) is 4.79 Å². The maximum Gasteiger partial charge on any atom is 0.233 e. The number of amides is 1. The van der Waals surface area contributed by atoms with Crippen LogP contribution in [0.1, 0.15) is 45.4 Å². The molecule has 4 nitrogen and oxygen atoms in total. The van der Waals surface area contributed by atoms with Crippen molar-refractivity contribution in [3.05, 3.63) is 0 Å². The van der Waals surface area contributed by atoms with Gasteiger partial charge in [-0.05, 0) is 31.6 Å². The minimum Gasteiger partial charge on any atom is -0.358 e. The molecule has 2 rings (SSSR count). The normalized spacial score (nSPS) is 30.2. The molecule has 0 spiro atoms. The highest BCUT2D eigenvalue weighted by atomic mass is 16.1. The predicted molar refractivity (Wildman–Crippen MR) is 78.1 cm³/mol. The van der Waals surface area contributed by atoms with Crippen molar-refractivity contribution in [2.45, 2.75) is 57.5 Å². The Morgan fingerprint density at radius 1 is 1.16 bits per heavy atom. The van der Waals surface area contributed by atoms with E-state index in [1.165, 1.54) is 38.5 Å². The highest BCUT2D eigenvalue weighted by Crippen LogP contribution is 2.24. The monoisotopic (exact) mass is 267 g/mol. The van der Waals surface area contributed by atoms with E-state index in [4.69, 9.17) is 0 Å². The molecule has 0 radical (unpaired) electrons. The second kappa shape index (κ2) is 7.25. The first-order valence-corrected chi connectivity index (χ1v) is 7.86. The lowest BCUT2D eigenvalue weighted by Crippen LogP contribution is -2.48. The lowest BCUT2D eigenvalue weighted by atomic mass is 9.86. The van der Waals surface area contributed by atoms with Crippen LogP contribution >= 0.6 is 0 Å². The number of likely N-dealkylation sites (tertiary alicyclic amines) is 1. The standard InChI is InChI=1S/C15H29N3O/c1-12-4-3-5-14(10-12)17-13-6-8-18(9-7-13)11-15(19)16-2/h12-14,17H,3-11H2,1-2H3,(H,16,19). The predicted octanol–water partition coefficient (Wildman–Crippen LogP) is 1.37. The molecule has 0 bridgehead atoms. The molecular weight excluding hydrogens is 238 g/mol. The van der Waals surface area contributed by atoms with E-state index >= 15 is 0 Å². The van der Waals surface area contributed by atoms with Gasteiger partial charge in [-0.2, -0.15) is 0 Å². The fraction of sp³-hybridized carbons (Fsp3) is 0.933. The van der Waals surface area contributed by atoms with Gasteiger partial charge in [0.1, 0.15) is 0 Å². The molecule has 110 valence electrons. The Labute approximate surface area is 117 Å². The van der Waals surface area contributed by atoms with Crippen LogP contribution in [0.3, 0.4) is 0 Å². The zero-order chi connectivity index (χ0) is 13.7. The minimum atomic E-state index is 0.132. The van der Waals surface area contributed by atoms with Gasteiger partial charge in [-0.3, -0.25) is 9.69 Å². The van der Waals surface area contributed by atoms with E-state index < -0.39 is 0 Å². The molecule has 2 aliphatic rings. The molecule has 19 heavy (non-hydrogen) atoms. The summed E-state index contributed by atoms with van der Waals surface area (Å²) in [7, 11) is 1.71. The summed E-state index contributed by atoms with van der Waals surface area (Å²) >= 11 is 0. The molecular formula is C15H29N3O. The van der Waals surface area contributed by atoms with E-state index in [-0.39, 0.29) is 5.91 Å². The number of rotatable bonds is 4. The Hall–Kier alpha value is -0.610. The lowest BCUT2D eigenvalue weighted by Gasteiger charge is -2.36. The third kappa shape index (κ3) is 4.77. The van der Waals surface area contributed by atoms with Gasteiger partial charge in [0.05, 0.1) is 6.54 Å². The quantitative estimate of drug-likeness (QED) is 0.808. The van der Waals surface area contributed by atoms with E-state index in [0.717, 1.165) is 25.0 Å². The van der Waals surface area contributed by atoms with Crippen LogP contribution in [-0.4, -0.2) is 49.6 Å². The fourth-order valence-electron chi connectivity index (χ4n) is 3.46. The maximum atomic E-state index is 11.3. The van der Waals surface area contributed by atoms with E-state index in [0.29, 0.717) is 12.6 Å². The molecule has 1 saturated carbocycles. The smallest absolute Gasteiger partial charge is 0.233 e. The summed E-state index contributed by atoms with van der Waals surface area (Å²) < 4.78 is 0. The second-order valence-corrected chi connectivity index (χ2v) is 6.36. The van der Waals surface area contributed by atoms with Crippen molar-refractivity contribution in [1.29, 1.82) is 0 Å². The maximum absolute atomic E-state index is 11.3. The second-order valence-electron chi connectivity index (χ2n) is 6.36. The zero-order valence-electron chi connectivity index (χ0n) is 12.5. The van der Waals surface area contributed by atoms with Gasteiger partial charge in [0.15, 0.2) is 0 Å². The third-order valence-electron chi connectivity index (χ3n) is 4.64. The molecule has 0 aromatic rings. The van der Waals surface area contributed by atoms with Crippen molar-refractivity contribution in [3.63, 3.8) is 0 Å². The fourth-order valence-corrected chi connectivity index (χ4v) is 3.46. The molecule has 1 heterocycles. The van der Waals surface area contributed by atoms with Crippen molar-refractivity contribution >= 4 is 5.91 Å². The summed E-state index contributed by atoms with van der Waals surface area (Å²) in [6, 6.07) is 1.40. The number of carbonyl (C=O) groups is 1. The molecule has 1 aliphatic carbocycles. The Morgan fingerprint density at radius 3 is 2.53 bits per heavy atom. The van der Waals surface area contributed by atoms with Gasteiger partial charge in [0.25, 0.3) is 0 Å². The van der Waals surface area contributed by atoms with Crippen molar-refractivity contribution < 1.29 is 4.79 Å². The van der Waals surface area contributed by atoms with E-state index in [1.807, 2.05) is 0 Å². The van der Waals surface area contributed by atoms with Crippen molar-refractivity contribution in [2.75, 3.05) is 26.7 Å². The van der Waals surface area contributed by atoms with Gasteiger partial charge < -0.3 is 10.6 Å². The summed E-state index contributed by atoms with van der Waals surface area (Å²) in [5.74, 6) is 1.02. The van der Waals surface area contributed by atoms with Crippen LogP contribution in [0.2, 0.25) is 0 Å². The Morgan fingerprint density at radius 2 is 1.89 bits per heavy atom. The number of nitrogens with one attached hydrogen (secondary N) is 2. The Balaban J connectivity index is 1.67. The summed E-state index contributed by atoms with van der Waals surface area (Å²) in [4.78, 5) is 13.6. The Kier molecular flexibility index (Phi) is 5.64. The molecule has 1 aliphatic heterocycles. The van der Waals surface area contributed by atoms with E-state index in [2.05, 4.69) is 22.5 Å². The molecule has 0 aromatic heterocycles. The van der Waals surface area contributed by atoms with E-state index in [9.17, 15) is 4.79 Å². The largest absolute Gasteiger partial charge is 0.358 e. The third-order valence-corrected chi connectivity index (χ3v) is 4.64. The number of nitrogens with zero attached hydrogens (tertiary/aromatic N) is 1. The van der Waals surface area contributed by atoms with Crippen LogP contribution in [0.4, 0.5) is 0 Å². The highest BCUT2D eigenvalue weighted by Gasteiger charge is 2.25. The zero-order valence-corrected chi connectivity index (χ0v) is 12.5. The van der Waals surface area contributed by atoms with Gasteiger partial charge in [0, 0.05) is 32.2 Å². The van der Waals surface area contributed by atoms with Crippen LogP contribution in [0.5, 0.6) is 0 Å². The highest BCUT2D eigenvalue weighted by molar-refractivity contribution is 5.77. The van der Waals surface area contributed by atoms with Crippen molar-refractivity contribution in [2.24, 2.45) is 5.92 Å². The van der Waals surface area contributed by atoms with Gasteiger partial charge >= 0.3 is 0 Å². The molecule has 1 amide bonds. The molecule has 2 unspecified atom stereocenters. The SMILES string of the molecule is CNC(=O)CN1CCC(NC2CCCC(C)C2)CC1. The first-order valence-electron chi connectivity index (χ1n) is 7.86. The van der Waals surface area contributed by atoms with Gasteiger partial charge in [-0.15, -0.1) is 0 Å². The van der Waals surface area contributed by atoms with Crippen LogP contribution < -0.4 is 10.6 Å². The lowest BCUT2D eigenvalue weighted by molar-refractivity contribution is -0.122. The summed E-state index contributed by atoms with van der Waals surface area (Å²) in [5, 5.41) is 6.55. The molecule has 2 fully saturated rings. The van der Waals surface area contributed by atoms with Gasteiger partial charge in [0.2, 0.25) is 5.91 Å². The van der Waals surface area contributed by atoms with Crippen molar-refractivity contribution in [3.8, 4) is 0 Å². The van der Waals surface area contributed by atoms with Crippen LogP contribution in [0, 0.1) is 5.92 Å². The number of carbonyl (C=O) groups excluding carboxylic acids is 1. The first kappa shape index (κ1) is 14.8. The molecule has 4 heteroatoms. The molecule has 2 atom stereocenters. The van der Waals surface area contributed by atoms with Crippen LogP contribution in [0.15, 0.2) is 0 Å². The first-order chi connectivity index (χ1) is 9.17. The number of likely N-dealkylation sites (N-methyl/N-ethyl adjacent to an activating group) is 1. The number of hydrogen-bond acceptors (Lipinski definition) is 3. The molecule has 0 aromatic carbocycles. The Bertz CT molecular complexity index is 287. The topological polar surface area (TPSA) is 44.4 Å². The number of hydrogen-bond donors (Lipinski definition) is 2. The number of piperidine rings is 1. The summed E-state index contributed by atoms with van der Waals surface area (Å²) in [5.41, 5.74) is 0. The average Bonchev–Trinajstić information content (AvgIpc) is 2.41. The minimum absolute atomic E-state index is 0.132. The van der Waals surface area contributed by atoms with Crippen LogP contribution in [0.25, 0.3) is 0 Å². The van der Waals surface area contributed by atoms with Crippen molar-refractivity contribution in [1.82, 2.24) is 15.5 Å². The summed E-state index contributed by atoms with van der Waals surface area (Å²) in [6.45, 7) is 5.03. The van der Waals surface area contributed by atoms with E-state index in [1.54, 1.807) is 7.05 Å². The summed E-state index contributed by atoms with van der Waals surface area (Å²) in [6.07, 6.45) is 7.85. The molecule has 2 N–H and O–H groups in total. The molecule has 1 saturated heterocycles.